The number of anilines is 1. The van der Waals surface area contributed by atoms with E-state index in [1.165, 1.54) is 18.4 Å². The van der Waals surface area contributed by atoms with E-state index >= 15 is 0 Å². The van der Waals surface area contributed by atoms with E-state index in [1.54, 1.807) is 0 Å². The summed E-state index contributed by atoms with van der Waals surface area (Å²) in [5.41, 5.74) is 2.28. The fourth-order valence-corrected chi connectivity index (χ4v) is 3.43. The number of fused-ring (bicyclic) bond motifs is 1. The van der Waals surface area contributed by atoms with Crippen LogP contribution in [-0.4, -0.2) is 37.4 Å². The van der Waals surface area contributed by atoms with Crippen molar-refractivity contribution in [3.63, 3.8) is 0 Å². The molecule has 0 atom stereocenters. The lowest BCUT2D eigenvalue weighted by molar-refractivity contribution is 0.174. The molecule has 0 bridgehead atoms. The Hall–Kier alpha value is -2.96. The smallest absolute Gasteiger partial charge is 0.231 e. The van der Waals surface area contributed by atoms with E-state index in [4.69, 9.17) is 14.5 Å². The third-order valence-electron chi connectivity index (χ3n) is 4.90. The molecule has 0 radical (unpaired) electrons. The van der Waals surface area contributed by atoms with Crippen molar-refractivity contribution in [3.05, 3.63) is 47.7 Å². The van der Waals surface area contributed by atoms with Crippen LogP contribution in [0, 0.1) is 0 Å². The number of nitrogens with one attached hydrogen (secondary N) is 2. The third kappa shape index (κ3) is 4.47. The van der Waals surface area contributed by atoms with Crippen LogP contribution in [0.2, 0.25) is 0 Å². The summed E-state index contributed by atoms with van der Waals surface area (Å²) in [5, 5.41) is 6.72. The zero-order valence-corrected chi connectivity index (χ0v) is 16.3. The van der Waals surface area contributed by atoms with Crippen LogP contribution < -0.4 is 25.0 Å². The van der Waals surface area contributed by atoms with Crippen molar-refractivity contribution in [2.75, 3.05) is 31.3 Å². The number of ether oxygens (including phenoxy) is 2. The molecule has 2 aliphatic rings. The lowest BCUT2D eigenvalue weighted by Gasteiger charge is -2.17. The SMILES string of the molecule is CCNC(=NCc1ccc2c(c1)OCO2)NCc1ccnc(N2CCCC2)c1. The normalized spacial score (nSPS) is 15.8. The van der Waals surface area contributed by atoms with E-state index in [0.717, 1.165) is 48.5 Å². The second-order valence-corrected chi connectivity index (χ2v) is 6.95. The molecule has 7 heteroatoms. The molecule has 28 heavy (non-hydrogen) atoms. The molecule has 2 N–H and O–H groups in total. The molecule has 1 saturated heterocycles. The molecule has 1 fully saturated rings. The van der Waals surface area contributed by atoms with Crippen LogP contribution in [-0.2, 0) is 13.1 Å². The standard InChI is InChI=1S/C21H27N5O2/c1-2-22-21(24-13-16-5-6-18-19(11-16)28-15-27-18)25-14-17-7-8-23-20(12-17)26-9-3-4-10-26/h5-8,11-12H,2-4,9-10,13-15H2,1H3,(H2,22,24,25). The first-order chi connectivity index (χ1) is 13.8. The van der Waals surface area contributed by atoms with E-state index in [2.05, 4.69) is 33.5 Å². The van der Waals surface area contributed by atoms with Crippen LogP contribution in [0.5, 0.6) is 11.5 Å². The summed E-state index contributed by atoms with van der Waals surface area (Å²) in [6, 6.07) is 10.2. The van der Waals surface area contributed by atoms with Crippen molar-refractivity contribution in [1.29, 1.82) is 0 Å². The summed E-state index contributed by atoms with van der Waals surface area (Å²) in [6.07, 6.45) is 4.39. The van der Waals surface area contributed by atoms with E-state index in [9.17, 15) is 0 Å². The van der Waals surface area contributed by atoms with Crippen molar-refractivity contribution < 1.29 is 9.47 Å². The highest BCUT2D eigenvalue weighted by atomic mass is 16.7. The number of aromatic nitrogens is 1. The highest BCUT2D eigenvalue weighted by Crippen LogP contribution is 2.32. The van der Waals surface area contributed by atoms with E-state index in [1.807, 2.05) is 30.5 Å². The fourth-order valence-electron chi connectivity index (χ4n) is 3.43. The number of hydrogen-bond acceptors (Lipinski definition) is 5. The molecular weight excluding hydrogens is 354 g/mol. The maximum atomic E-state index is 5.44. The monoisotopic (exact) mass is 381 g/mol. The Bertz CT molecular complexity index is 833. The van der Waals surface area contributed by atoms with Gasteiger partial charge in [-0.1, -0.05) is 6.07 Å². The number of guanidine groups is 1. The van der Waals surface area contributed by atoms with Crippen LogP contribution in [0.4, 0.5) is 5.82 Å². The molecule has 3 heterocycles. The summed E-state index contributed by atoms with van der Waals surface area (Å²) in [5.74, 6) is 3.44. The Balaban J connectivity index is 1.38. The minimum Gasteiger partial charge on any atom is -0.454 e. The van der Waals surface area contributed by atoms with Gasteiger partial charge in [-0.2, -0.15) is 0 Å². The number of aliphatic imine (C=N–C) groups is 1. The first-order valence-corrected chi connectivity index (χ1v) is 9.92. The number of hydrogen-bond donors (Lipinski definition) is 2. The van der Waals surface area contributed by atoms with Gasteiger partial charge in [0.15, 0.2) is 17.5 Å². The van der Waals surface area contributed by atoms with Crippen molar-refractivity contribution in [3.8, 4) is 11.5 Å². The van der Waals surface area contributed by atoms with Gasteiger partial charge in [0.05, 0.1) is 6.54 Å². The Morgan fingerprint density at radius 1 is 1.07 bits per heavy atom. The van der Waals surface area contributed by atoms with Crippen LogP contribution >= 0.6 is 0 Å². The minimum atomic E-state index is 0.289. The maximum absolute atomic E-state index is 5.44. The molecule has 7 nitrogen and oxygen atoms in total. The van der Waals surface area contributed by atoms with Crippen molar-refractivity contribution in [2.45, 2.75) is 32.9 Å². The predicted molar refractivity (Wildman–Crippen MR) is 110 cm³/mol. The van der Waals surface area contributed by atoms with Crippen LogP contribution in [0.25, 0.3) is 0 Å². The summed E-state index contributed by atoms with van der Waals surface area (Å²) >= 11 is 0. The van der Waals surface area contributed by atoms with Gasteiger partial charge in [-0.25, -0.2) is 9.98 Å². The number of benzene rings is 1. The molecule has 2 aromatic rings. The van der Waals surface area contributed by atoms with Gasteiger partial charge in [-0.15, -0.1) is 0 Å². The number of pyridine rings is 1. The molecule has 4 rings (SSSR count). The van der Waals surface area contributed by atoms with Gasteiger partial charge in [0, 0.05) is 32.4 Å². The van der Waals surface area contributed by atoms with Gasteiger partial charge in [-0.3, -0.25) is 0 Å². The van der Waals surface area contributed by atoms with Gasteiger partial charge >= 0.3 is 0 Å². The van der Waals surface area contributed by atoms with Crippen molar-refractivity contribution in [1.82, 2.24) is 15.6 Å². The molecule has 0 saturated carbocycles. The van der Waals surface area contributed by atoms with Crippen molar-refractivity contribution in [2.24, 2.45) is 4.99 Å². The van der Waals surface area contributed by atoms with Crippen LogP contribution in [0.1, 0.15) is 30.9 Å². The summed E-state index contributed by atoms with van der Waals surface area (Å²) in [7, 11) is 0. The Labute approximate surface area is 165 Å². The Morgan fingerprint density at radius 2 is 1.93 bits per heavy atom. The Kier molecular flexibility index (Phi) is 5.80. The predicted octanol–water partition coefficient (Wildman–Crippen LogP) is 2.67. The van der Waals surface area contributed by atoms with Gasteiger partial charge in [-0.05, 0) is 55.2 Å². The van der Waals surface area contributed by atoms with Gasteiger partial charge in [0.1, 0.15) is 5.82 Å². The van der Waals surface area contributed by atoms with E-state index in [-0.39, 0.29) is 6.79 Å². The van der Waals surface area contributed by atoms with E-state index in [0.29, 0.717) is 13.1 Å². The Morgan fingerprint density at radius 3 is 2.79 bits per heavy atom. The fraction of sp³-hybridized carbons (Fsp3) is 0.429. The molecule has 148 valence electrons. The van der Waals surface area contributed by atoms with Gasteiger partial charge in [0.25, 0.3) is 0 Å². The molecule has 1 aromatic carbocycles. The molecule has 0 aliphatic carbocycles. The largest absolute Gasteiger partial charge is 0.454 e. The number of rotatable bonds is 6. The lowest BCUT2D eigenvalue weighted by Crippen LogP contribution is -2.36. The minimum absolute atomic E-state index is 0.289. The lowest BCUT2D eigenvalue weighted by atomic mass is 10.2. The molecule has 2 aliphatic heterocycles. The zero-order valence-electron chi connectivity index (χ0n) is 16.3. The van der Waals surface area contributed by atoms with Crippen molar-refractivity contribution >= 4 is 11.8 Å². The molecule has 0 amide bonds. The van der Waals surface area contributed by atoms with Crippen LogP contribution in [0.15, 0.2) is 41.5 Å². The second-order valence-electron chi connectivity index (χ2n) is 6.95. The molecule has 0 spiro atoms. The highest BCUT2D eigenvalue weighted by molar-refractivity contribution is 5.79. The second kappa shape index (κ2) is 8.82. The topological polar surface area (TPSA) is 71.0 Å². The average Bonchev–Trinajstić information content (AvgIpc) is 3.42. The summed E-state index contributed by atoms with van der Waals surface area (Å²) in [6.45, 7) is 6.64. The first-order valence-electron chi connectivity index (χ1n) is 9.92. The molecular formula is C21H27N5O2. The van der Waals surface area contributed by atoms with Crippen LogP contribution in [0.3, 0.4) is 0 Å². The number of nitrogens with zero attached hydrogens (tertiary/aromatic N) is 3. The first kappa shape index (κ1) is 18.4. The summed E-state index contributed by atoms with van der Waals surface area (Å²) in [4.78, 5) is 11.6. The third-order valence-corrected chi connectivity index (χ3v) is 4.90. The average molecular weight is 381 g/mol. The van der Waals surface area contributed by atoms with Gasteiger partial charge in [0.2, 0.25) is 6.79 Å². The van der Waals surface area contributed by atoms with Gasteiger partial charge < -0.3 is 25.0 Å². The highest BCUT2D eigenvalue weighted by Gasteiger charge is 2.14. The molecule has 1 aromatic heterocycles. The van der Waals surface area contributed by atoms with E-state index < -0.39 is 0 Å². The maximum Gasteiger partial charge on any atom is 0.231 e. The zero-order chi connectivity index (χ0) is 19.2. The molecule has 0 unspecified atom stereocenters. The quantitative estimate of drug-likeness (QED) is 0.592. The summed E-state index contributed by atoms with van der Waals surface area (Å²) < 4.78 is 10.8.